The molecule has 0 bridgehead atoms. The van der Waals surface area contributed by atoms with E-state index in [2.05, 4.69) is 0 Å². The standard InChI is InChI=1S/C15H21NO3/c1-11(17)5-7-16(2)10-14(18)12-3-4-15-13(9-12)6-8-19-15/h3-4,9,11,17H,5-8,10H2,1-2H3. The Balaban J connectivity index is 1.92. The van der Waals surface area contributed by atoms with E-state index in [1.165, 1.54) is 0 Å². The van der Waals surface area contributed by atoms with Crippen LogP contribution in [0.3, 0.4) is 0 Å². The van der Waals surface area contributed by atoms with Gasteiger partial charge in [-0.1, -0.05) is 0 Å². The molecule has 0 saturated carbocycles. The predicted molar refractivity (Wildman–Crippen MR) is 73.8 cm³/mol. The Labute approximate surface area is 114 Å². The lowest BCUT2D eigenvalue weighted by Crippen LogP contribution is -2.28. The number of carbonyl (C=O) groups is 1. The van der Waals surface area contributed by atoms with Gasteiger partial charge in [-0.05, 0) is 44.2 Å². The summed E-state index contributed by atoms with van der Waals surface area (Å²) in [4.78, 5) is 14.1. The molecule has 0 saturated heterocycles. The number of benzene rings is 1. The number of aliphatic hydroxyl groups is 1. The van der Waals surface area contributed by atoms with Gasteiger partial charge in [0.1, 0.15) is 5.75 Å². The average Bonchev–Trinajstić information content (AvgIpc) is 2.83. The van der Waals surface area contributed by atoms with E-state index >= 15 is 0 Å². The highest BCUT2D eigenvalue weighted by Crippen LogP contribution is 2.26. The Morgan fingerprint density at radius 1 is 1.53 bits per heavy atom. The first kappa shape index (κ1) is 14.0. The van der Waals surface area contributed by atoms with Crippen LogP contribution in [0.15, 0.2) is 18.2 Å². The molecule has 1 atom stereocenters. The first-order chi connectivity index (χ1) is 9.06. The third-order valence-electron chi connectivity index (χ3n) is 3.35. The van der Waals surface area contributed by atoms with Crippen molar-refractivity contribution in [1.82, 2.24) is 4.90 Å². The number of aliphatic hydroxyl groups excluding tert-OH is 1. The number of nitrogens with zero attached hydrogens (tertiary/aromatic N) is 1. The Kier molecular flexibility index (Phi) is 4.56. The maximum Gasteiger partial charge on any atom is 0.176 e. The molecule has 1 aromatic carbocycles. The van der Waals surface area contributed by atoms with Crippen molar-refractivity contribution in [3.8, 4) is 5.75 Å². The zero-order valence-electron chi connectivity index (χ0n) is 11.6. The molecule has 2 rings (SSSR count). The van der Waals surface area contributed by atoms with Gasteiger partial charge in [0.15, 0.2) is 5.78 Å². The van der Waals surface area contributed by atoms with Crippen LogP contribution in [0, 0.1) is 0 Å². The largest absolute Gasteiger partial charge is 0.493 e. The van der Waals surface area contributed by atoms with Crippen LogP contribution >= 0.6 is 0 Å². The molecular weight excluding hydrogens is 242 g/mol. The van der Waals surface area contributed by atoms with Crippen molar-refractivity contribution in [2.24, 2.45) is 0 Å². The first-order valence-electron chi connectivity index (χ1n) is 6.72. The Morgan fingerprint density at radius 2 is 2.32 bits per heavy atom. The van der Waals surface area contributed by atoms with Gasteiger partial charge < -0.3 is 9.84 Å². The van der Waals surface area contributed by atoms with Gasteiger partial charge in [0.25, 0.3) is 0 Å². The first-order valence-corrected chi connectivity index (χ1v) is 6.72. The number of ether oxygens (including phenoxy) is 1. The fourth-order valence-corrected chi connectivity index (χ4v) is 2.18. The van der Waals surface area contributed by atoms with Crippen LogP contribution in [0.25, 0.3) is 0 Å². The number of Topliss-reactive ketones (excluding diaryl/α,β-unsaturated/α-hetero) is 1. The summed E-state index contributed by atoms with van der Waals surface area (Å²) in [6.45, 7) is 3.57. The zero-order chi connectivity index (χ0) is 13.8. The number of likely N-dealkylation sites (N-methyl/N-ethyl adjacent to an activating group) is 1. The maximum atomic E-state index is 12.2. The van der Waals surface area contributed by atoms with Crippen molar-refractivity contribution in [2.45, 2.75) is 25.9 Å². The summed E-state index contributed by atoms with van der Waals surface area (Å²) in [5.41, 5.74) is 1.87. The van der Waals surface area contributed by atoms with Crippen molar-refractivity contribution in [2.75, 3.05) is 26.7 Å². The van der Waals surface area contributed by atoms with Gasteiger partial charge in [-0.2, -0.15) is 0 Å². The molecule has 4 heteroatoms. The normalized spacial score (nSPS) is 15.2. The lowest BCUT2D eigenvalue weighted by Gasteiger charge is -2.16. The molecule has 1 heterocycles. The second-order valence-electron chi connectivity index (χ2n) is 5.22. The number of ketones is 1. The molecule has 0 spiro atoms. The smallest absolute Gasteiger partial charge is 0.176 e. The van der Waals surface area contributed by atoms with Crippen molar-refractivity contribution in [3.05, 3.63) is 29.3 Å². The Bertz CT molecular complexity index is 457. The molecule has 1 aliphatic heterocycles. The lowest BCUT2D eigenvalue weighted by atomic mass is 10.1. The van der Waals surface area contributed by atoms with Crippen molar-refractivity contribution >= 4 is 5.78 Å². The van der Waals surface area contributed by atoms with E-state index in [1.807, 2.05) is 30.1 Å². The van der Waals surface area contributed by atoms with Crippen LogP contribution < -0.4 is 4.74 Å². The highest BCUT2D eigenvalue weighted by atomic mass is 16.5. The summed E-state index contributed by atoms with van der Waals surface area (Å²) in [7, 11) is 1.90. The van der Waals surface area contributed by atoms with Crippen molar-refractivity contribution in [1.29, 1.82) is 0 Å². The third kappa shape index (κ3) is 3.78. The van der Waals surface area contributed by atoms with Crippen LogP contribution in [0.1, 0.15) is 29.3 Å². The molecular formula is C15H21NO3. The molecule has 0 fully saturated rings. The summed E-state index contributed by atoms with van der Waals surface area (Å²) in [5.74, 6) is 1.02. The minimum Gasteiger partial charge on any atom is -0.493 e. The highest BCUT2D eigenvalue weighted by molar-refractivity contribution is 5.98. The van der Waals surface area contributed by atoms with E-state index in [0.717, 1.165) is 29.8 Å². The fraction of sp³-hybridized carbons (Fsp3) is 0.533. The summed E-state index contributed by atoms with van der Waals surface area (Å²) in [5, 5.41) is 9.23. The molecule has 19 heavy (non-hydrogen) atoms. The van der Waals surface area contributed by atoms with Crippen LogP contribution in [-0.4, -0.2) is 48.6 Å². The quantitative estimate of drug-likeness (QED) is 0.790. The van der Waals surface area contributed by atoms with Gasteiger partial charge in [0.05, 0.1) is 19.3 Å². The van der Waals surface area contributed by atoms with E-state index in [4.69, 9.17) is 4.74 Å². The van der Waals surface area contributed by atoms with Crippen LogP contribution in [0.5, 0.6) is 5.75 Å². The van der Waals surface area contributed by atoms with Gasteiger partial charge in [-0.25, -0.2) is 0 Å². The van der Waals surface area contributed by atoms with Gasteiger partial charge in [-0.15, -0.1) is 0 Å². The van der Waals surface area contributed by atoms with Crippen LogP contribution in [0.2, 0.25) is 0 Å². The molecule has 0 aliphatic carbocycles. The second-order valence-corrected chi connectivity index (χ2v) is 5.22. The number of rotatable bonds is 6. The van der Waals surface area contributed by atoms with Crippen molar-refractivity contribution in [3.63, 3.8) is 0 Å². The summed E-state index contributed by atoms with van der Waals surface area (Å²) >= 11 is 0. The Morgan fingerprint density at radius 3 is 3.05 bits per heavy atom. The van der Waals surface area contributed by atoms with E-state index in [0.29, 0.717) is 19.6 Å². The SMILES string of the molecule is CC(O)CCN(C)CC(=O)c1ccc2c(c1)CCO2. The molecule has 0 aromatic heterocycles. The van der Waals surface area contributed by atoms with Crippen LogP contribution in [-0.2, 0) is 6.42 Å². The van der Waals surface area contributed by atoms with E-state index in [1.54, 1.807) is 6.92 Å². The second kappa shape index (κ2) is 6.17. The minimum atomic E-state index is -0.324. The Hall–Kier alpha value is -1.39. The van der Waals surface area contributed by atoms with E-state index < -0.39 is 0 Å². The third-order valence-corrected chi connectivity index (χ3v) is 3.35. The van der Waals surface area contributed by atoms with Crippen molar-refractivity contribution < 1.29 is 14.6 Å². The number of fused-ring (bicyclic) bond motifs is 1. The molecule has 4 nitrogen and oxygen atoms in total. The number of carbonyl (C=O) groups excluding carboxylic acids is 1. The fourth-order valence-electron chi connectivity index (χ4n) is 2.18. The molecule has 1 aliphatic rings. The van der Waals surface area contributed by atoms with Gasteiger partial charge >= 0.3 is 0 Å². The number of hydrogen-bond donors (Lipinski definition) is 1. The average molecular weight is 263 g/mol. The molecule has 0 amide bonds. The summed E-state index contributed by atoms with van der Waals surface area (Å²) < 4.78 is 5.43. The highest BCUT2D eigenvalue weighted by Gasteiger charge is 2.16. The monoisotopic (exact) mass is 263 g/mol. The molecule has 1 unspecified atom stereocenters. The topological polar surface area (TPSA) is 49.8 Å². The predicted octanol–water partition coefficient (Wildman–Crippen LogP) is 1.51. The van der Waals surface area contributed by atoms with Crippen LogP contribution in [0.4, 0.5) is 0 Å². The van der Waals surface area contributed by atoms with Gasteiger partial charge in [0.2, 0.25) is 0 Å². The molecule has 1 aromatic rings. The van der Waals surface area contributed by atoms with E-state index in [-0.39, 0.29) is 11.9 Å². The zero-order valence-corrected chi connectivity index (χ0v) is 11.6. The minimum absolute atomic E-state index is 0.114. The van der Waals surface area contributed by atoms with E-state index in [9.17, 15) is 9.90 Å². The maximum absolute atomic E-state index is 12.2. The molecule has 104 valence electrons. The lowest BCUT2D eigenvalue weighted by molar-refractivity contribution is 0.0931. The number of hydrogen-bond acceptors (Lipinski definition) is 4. The van der Waals surface area contributed by atoms with Gasteiger partial charge in [0, 0.05) is 18.5 Å². The van der Waals surface area contributed by atoms with Gasteiger partial charge in [-0.3, -0.25) is 9.69 Å². The summed E-state index contributed by atoms with van der Waals surface area (Å²) in [6, 6.07) is 5.65. The summed E-state index contributed by atoms with van der Waals surface area (Å²) in [6.07, 6.45) is 1.24. The molecule has 0 radical (unpaired) electrons. The molecule has 1 N–H and O–H groups in total.